The van der Waals surface area contributed by atoms with E-state index in [2.05, 4.69) is 53.4 Å². The van der Waals surface area contributed by atoms with Crippen LogP contribution >= 0.6 is 0 Å². The summed E-state index contributed by atoms with van der Waals surface area (Å²) >= 11 is 0. The monoisotopic (exact) mass is 322 g/mol. The van der Waals surface area contributed by atoms with Gasteiger partial charge in [-0.05, 0) is 23.6 Å². The molecule has 4 nitrogen and oxygen atoms in total. The van der Waals surface area contributed by atoms with E-state index >= 15 is 0 Å². The average molecular weight is 322 g/mol. The number of nitrogens with zero attached hydrogens (tertiary/aromatic N) is 2. The largest absolute Gasteiger partial charge is 0.481 e. The molecule has 0 spiro atoms. The van der Waals surface area contributed by atoms with E-state index in [0.29, 0.717) is 6.17 Å². The summed E-state index contributed by atoms with van der Waals surface area (Å²) in [6.45, 7) is 3.91. The first-order valence-corrected chi connectivity index (χ1v) is 8.15. The molecule has 0 aromatic heterocycles. The van der Waals surface area contributed by atoms with Crippen LogP contribution in [-0.2, 0) is 24.3 Å². The van der Waals surface area contributed by atoms with Gasteiger partial charge in [-0.25, -0.2) is 0 Å². The van der Waals surface area contributed by atoms with E-state index in [1.54, 1.807) is 0 Å². The van der Waals surface area contributed by atoms with E-state index in [1.807, 2.05) is 30.3 Å². The fourth-order valence-electron chi connectivity index (χ4n) is 2.92. The summed E-state index contributed by atoms with van der Waals surface area (Å²) in [6, 6.07) is 18.3. The smallest absolute Gasteiger partial charge is 0.307 e. The summed E-state index contributed by atoms with van der Waals surface area (Å²) in [6.07, 6.45) is 4.63. The third-order valence-corrected chi connectivity index (χ3v) is 4.36. The minimum atomic E-state index is -0.796. The minimum Gasteiger partial charge on any atom is -0.481 e. The predicted octanol–water partition coefficient (Wildman–Crippen LogP) is 3.45. The first kappa shape index (κ1) is 16.1. The van der Waals surface area contributed by atoms with Crippen LogP contribution in [-0.4, -0.2) is 27.0 Å². The lowest BCUT2D eigenvalue weighted by atomic mass is 10.1. The van der Waals surface area contributed by atoms with Gasteiger partial charge in [0, 0.05) is 25.5 Å². The molecule has 3 rings (SSSR count). The minimum absolute atomic E-state index is 0.0746. The molecule has 1 unspecified atom stereocenters. The Kier molecular flexibility index (Phi) is 4.85. The molecular weight excluding hydrogens is 300 g/mol. The summed E-state index contributed by atoms with van der Waals surface area (Å²) < 4.78 is 0. The normalized spacial score (nSPS) is 16.6. The SMILES string of the molecule is CC1N(Cc2ccccc2)C=CN1Cc1ccc(CC(=O)O)cc1. The molecule has 1 heterocycles. The molecule has 0 bridgehead atoms. The molecule has 1 aliphatic heterocycles. The lowest BCUT2D eigenvalue weighted by Crippen LogP contribution is -2.35. The number of hydrogen-bond acceptors (Lipinski definition) is 3. The Labute approximate surface area is 142 Å². The van der Waals surface area contributed by atoms with Gasteiger partial charge in [0.15, 0.2) is 0 Å². The fourth-order valence-corrected chi connectivity index (χ4v) is 2.92. The summed E-state index contributed by atoms with van der Waals surface area (Å²) in [5.41, 5.74) is 3.32. The van der Waals surface area contributed by atoms with Crippen LogP contribution < -0.4 is 0 Å². The number of aliphatic carboxylic acids is 1. The van der Waals surface area contributed by atoms with Gasteiger partial charge in [0.1, 0.15) is 0 Å². The number of carbonyl (C=O) groups is 1. The van der Waals surface area contributed by atoms with Crippen molar-refractivity contribution >= 4 is 5.97 Å². The van der Waals surface area contributed by atoms with Gasteiger partial charge in [0.25, 0.3) is 0 Å². The van der Waals surface area contributed by atoms with Crippen LogP contribution in [0.2, 0.25) is 0 Å². The maximum atomic E-state index is 10.7. The fraction of sp³-hybridized carbons (Fsp3) is 0.250. The lowest BCUT2D eigenvalue weighted by molar-refractivity contribution is -0.136. The van der Waals surface area contributed by atoms with E-state index in [4.69, 9.17) is 5.11 Å². The van der Waals surface area contributed by atoms with E-state index in [1.165, 1.54) is 11.1 Å². The maximum Gasteiger partial charge on any atom is 0.307 e. The van der Waals surface area contributed by atoms with Gasteiger partial charge in [-0.2, -0.15) is 0 Å². The number of hydrogen-bond donors (Lipinski definition) is 1. The third-order valence-electron chi connectivity index (χ3n) is 4.36. The lowest BCUT2D eigenvalue weighted by Gasteiger charge is -2.30. The van der Waals surface area contributed by atoms with Gasteiger partial charge in [-0.3, -0.25) is 4.79 Å². The van der Waals surface area contributed by atoms with Crippen molar-refractivity contribution in [3.8, 4) is 0 Å². The highest BCUT2D eigenvalue weighted by molar-refractivity contribution is 5.70. The Morgan fingerprint density at radius 1 is 0.875 bits per heavy atom. The molecular formula is C20H22N2O2. The van der Waals surface area contributed by atoms with E-state index in [9.17, 15) is 4.79 Å². The predicted molar refractivity (Wildman–Crippen MR) is 93.9 cm³/mol. The Bertz CT molecular complexity index is 710. The van der Waals surface area contributed by atoms with Crippen LogP contribution in [0.1, 0.15) is 23.6 Å². The highest BCUT2D eigenvalue weighted by Crippen LogP contribution is 2.21. The molecule has 4 heteroatoms. The van der Waals surface area contributed by atoms with Crippen LogP contribution in [0.15, 0.2) is 67.0 Å². The van der Waals surface area contributed by atoms with Crippen molar-refractivity contribution in [3.63, 3.8) is 0 Å². The quantitative estimate of drug-likeness (QED) is 0.885. The standard InChI is InChI=1S/C20H22N2O2/c1-16-21(14-18-5-3-2-4-6-18)11-12-22(16)15-19-9-7-17(8-10-19)13-20(23)24/h2-12,16H,13-15H2,1H3,(H,23,24). The third kappa shape index (κ3) is 3.96. The Balaban J connectivity index is 1.58. The molecule has 1 aliphatic rings. The molecule has 1 N–H and O–H groups in total. The second-order valence-corrected chi connectivity index (χ2v) is 6.15. The second kappa shape index (κ2) is 7.21. The molecule has 0 saturated heterocycles. The van der Waals surface area contributed by atoms with Crippen molar-refractivity contribution < 1.29 is 9.90 Å². The molecule has 0 radical (unpaired) electrons. The van der Waals surface area contributed by atoms with Gasteiger partial charge < -0.3 is 14.9 Å². The summed E-state index contributed by atoms with van der Waals surface area (Å²) in [7, 11) is 0. The molecule has 0 saturated carbocycles. The molecule has 0 aliphatic carbocycles. The molecule has 1 atom stereocenters. The first-order chi connectivity index (χ1) is 11.6. The van der Waals surface area contributed by atoms with E-state index < -0.39 is 5.97 Å². The van der Waals surface area contributed by atoms with Gasteiger partial charge in [0.05, 0.1) is 12.6 Å². The van der Waals surface area contributed by atoms with Crippen molar-refractivity contribution in [1.82, 2.24) is 9.80 Å². The van der Waals surface area contributed by atoms with Crippen molar-refractivity contribution in [2.24, 2.45) is 0 Å². The molecule has 0 amide bonds. The summed E-state index contributed by atoms with van der Waals surface area (Å²) in [5.74, 6) is -0.796. The maximum absolute atomic E-state index is 10.7. The number of rotatable bonds is 6. The highest BCUT2D eigenvalue weighted by Gasteiger charge is 2.21. The van der Waals surface area contributed by atoms with Crippen molar-refractivity contribution in [2.45, 2.75) is 32.6 Å². The average Bonchev–Trinajstić information content (AvgIpc) is 2.90. The number of carboxylic acids is 1. The van der Waals surface area contributed by atoms with Crippen molar-refractivity contribution in [3.05, 3.63) is 83.7 Å². The van der Waals surface area contributed by atoms with Gasteiger partial charge >= 0.3 is 5.97 Å². The number of carboxylic acid groups (broad SMARTS) is 1. The van der Waals surface area contributed by atoms with E-state index in [0.717, 1.165) is 18.7 Å². The first-order valence-electron chi connectivity index (χ1n) is 8.15. The van der Waals surface area contributed by atoms with Crippen LogP contribution in [0, 0.1) is 0 Å². The Hall–Kier alpha value is -2.75. The zero-order valence-corrected chi connectivity index (χ0v) is 13.8. The van der Waals surface area contributed by atoms with Crippen molar-refractivity contribution in [2.75, 3.05) is 0 Å². The zero-order chi connectivity index (χ0) is 16.9. The molecule has 124 valence electrons. The zero-order valence-electron chi connectivity index (χ0n) is 13.8. The van der Waals surface area contributed by atoms with Crippen LogP contribution in [0.5, 0.6) is 0 Å². The highest BCUT2D eigenvalue weighted by atomic mass is 16.4. The van der Waals surface area contributed by atoms with Crippen LogP contribution in [0.3, 0.4) is 0 Å². The van der Waals surface area contributed by atoms with Crippen LogP contribution in [0.4, 0.5) is 0 Å². The summed E-state index contributed by atoms with van der Waals surface area (Å²) in [4.78, 5) is 15.3. The van der Waals surface area contributed by atoms with Gasteiger partial charge in [-0.1, -0.05) is 54.6 Å². The summed E-state index contributed by atoms with van der Waals surface area (Å²) in [5, 5.41) is 8.83. The van der Waals surface area contributed by atoms with E-state index in [-0.39, 0.29) is 6.42 Å². The molecule has 2 aromatic rings. The Morgan fingerprint density at radius 2 is 1.38 bits per heavy atom. The van der Waals surface area contributed by atoms with Gasteiger partial charge in [-0.15, -0.1) is 0 Å². The van der Waals surface area contributed by atoms with Crippen LogP contribution in [0.25, 0.3) is 0 Å². The molecule has 24 heavy (non-hydrogen) atoms. The second-order valence-electron chi connectivity index (χ2n) is 6.15. The molecule has 0 fully saturated rings. The number of benzene rings is 2. The molecule has 2 aromatic carbocycles. The Morgan fingerprint density at radius 3 is 1.92 bits per heavy atom. The van der Waals surface area contributed by atoms with Crippen molar-refractivity contribution in [1.29, 1.82) is 0 Å². The topological polar surface area (TPSA) is 43.8 Å². The van der Waals surface area contributed by atoms with Gasteiger partial charge in [0.2, 0.25) is 0 Å².